The molecular weight excluding hydrogens is 789 g/mol. The largest absolute Gasteiger partial charge is 0.309 e. The lowest BCUT2D eigenvalue weighted by molar-refractivity contribution is 1.08. The van der Waals surface area contributed by atoms with Gasteiger partial charge in [-0.3, -0.25) is 0 Å². The van der Waals surface area contributed by atoms with Gasteiger partial charge in [0, 0.05) is 33.2 Å². The van der Waals surface area contributed by atoms with Crippen molar-refractivity contribution in [1.82, 2.24) is 19.5 Å². The molecule has 0 fully saturated rings. The van der Waals surface area contributed by atoms with Crippen molar-refractivity contribution < 1.29 is 0 Å². The molecule has 0 unspecified atom stereocenters. The lowest BCUT2D eigenvalue weighted by Crippen LogP contribution is -2.01. The van der Waals surface area contributed by atoms with Gasteiger partial charge in [0.1, 0.15) is 0 Å². The molecule has 0 amide bonds. The second-order valence-corrected chi connectivity index (χ2v) is 17.1. The quantitative estimate of drug-likeness (QED) is 0.162. The van der Waals surface area contributed by atoms with Gasteiger partial charge in [-0.05, 0) is 112 Å². The van der Waals surface area contributed by atoms with Crippen LogP contribution < -0.4 is 0 Å². The van der Waals surface area contributed by atoms with Gasteiger partial charge < -0.3 is 4.57 Å². The third kappa shape index (κ3) is 5.35. The van der Waals surface area contributed by atoms with Crippen LogP contribution in [0.3, 0.4) is 0 Å². The Kier molecular flexibility index (Phi) is 7.65. The van der Waals surface area contributed by atoms with Gasteiger partial charge in [0.2, 0.25) is 0 Å². The Bertz CT molecular complexity index is 4220. The summed E-state index contributed by atoms with van der Waals surface area (Å²) in [7, 11) is 0. The molecule has 0 N–H and O–H groups in total. The van der Waals surface area contributed by atoms with E-state index in [1.807, 2.05) is 18.2 Å². The lowest BCUT2D eigenvalue weighted by atomic mass is 9.86. The summed E-state index contributed by atoms with van der Waals surface area (Å²) in [6.45, 7) is 0. The monoisotopic (exact) mass is 824 g/mol. The van der Waals surface area contributed by atoms with Crippen LogP contribution >= 0.6 is 0 Å². The maximum Gasteiger partial charge on any atom is 0.164 e. The van der Waals surface area contributed by atoms with Crippen molar-refractivity contribution in [2.24, 2.45) is 0 Å². The Labute approximate surface area is 373 Å². The van der Waals surface area contributed by atoms with Gasteiger partial charge in [-0.25, -0.2) is 15.0 Å². The van der Waals surface area contributed by atoms with Crippen LogP contribution in [0, 0.1) is 0 Å². The van der Waals surface area contributed by atoms with E-state index in [2.05, 4.69) is 205 Å². The van der Waals surface area contributed by atoms with Crippen molar-refractivity contribution in [1.29, 1.82) is 0 Å². The van der Waals surface area contributed by atoms with Crippen molar-refractivity contribution >= 4 is 86.4 Å². The predicted molar refractivity (Wildman–Crippen MR) is 272 cm³/mol. The minimum absolute atomic E-state index is 0.623. The Hall–Kier alpha value is -8.73. The molecule has 0 saturated carbocycles. The van der Waals surface area contributed by atoms with E-state index in [1.165, 1.54) is 64.6 Å². The summed E-state index contributed by atoms with van der Waals surface area (Å²) in [5, 5.41) is 17.3. The maximum atomic E-state index is 5.46. The molecule has 0 spiro atoms. The smallest absolute Gasteiger partial charge is 0.164 e. The van der Waals surface area contributed by atoms with E-state index in [9.17, 15) is 0 Å². The summed E-state index contributed by atoms with van der Waals surface area (Å²) in [6.07, 6.45) is 0. The first-order valence-corrected chi connectivity index (χ1v) is 22.2. The molecule has 300 valence electrons. The van der Waals surface area contributed by atoms with E-state index in [-0.39, 0.29) is 0 Å². The Morgan fingerprint density at radius 1 is 0.262 bits per heavy atom. The molecule has 14 aromatic rings. The van der Waals surface area contributed by atoms with Crippen LogP contribution in [0.15, 0.2) is 218 Å². The van der Waals surface area contributed by atoms with E-state index in [0.29, 0.717) is 17.5 Å². The van der Waals surface area contributed by atoms with Gasteiger partial charge >= 0.3 is 0 Å². The number of para-hydroxylation sites is 2. The number of benzene rings is 11. The van der Waals surface area contributed by atoms with Crippen LogP contribution in [-0.2, 0) is 0 Å². The molecule has 65 heavy (non-hydrogen) atoms. The second kappa shape index (κ2) is 13.9. The zero-order valence-corrected chi connectivity index (χ0v) is 35.1. The molecule has 0 aliphatic carbocycles. The minimum Gasteiger partial charge on any atom is -0.309 e. The molecule has 4 heteroatoms. The van der Waals surface area contributed by atoms with Crippen molar-refractivity contribution in [2.75, 3.05) is 0 Å². The summed E-state index contributed by atoms with van der Waals surface area (Å²) in [4.78, 5) is 16.1. The number of hydrogen-bond acceptors (Lipinski definition) is 3. The number of fused-ring (bicyclic) bond motifs is 5. The highest BCUT2D eigenvalue weighted by atomic mass is 15.0. The Morgan fingerprint density at radius 2 is 0.738 bits per heavy atom. The van der Waals surface area contributed by atoms with Crippen molar-refractivity contribution in [3.63, 3.8) is 0 Å². The minimum atomic E-state index is 0.623. The fraction of sp³-hybridized carbons (Fsp3) is 0. The highest BCUT2D eigenvalue weighted by Crippen LogP contribution is 2.46. The molecule has 0 atom stereocenters. The van der Waals surface area contributed by atoms with Crippen LogP contribution in [0.25, 0.3) is 137 Å². The SMILES string of the molecule is c1ccc(-c2nc(-c3ccccc3-c3cc4ccc5cccc6c7cccc8ccc9cccc(c(c3)c4c56)c9c87)nc(-c3cccc4c3c3ccccc3n4-c3ccccc3)n2)cc1. The summed E-state index contributed by atoms with van der Waals surface area (Å²) >= 11 is 0. The Morgan fingerprint density at radius 3 is 1.43 bits per heavy atom. The van der Waals surface area contributed by atoms with Gasteiger partial charge in [-0.1, -0.05) is 182 Å². The molecular formula is C61H36N4. The van der Waals surface area contributed by atoms with Crippen molar-refractivity contribution in [3.05, 3.63) is 218 Å². The summed E-state index contributed by atoms with van der Waals surface area (Å²) in [6, 6.07) is 78.7. The predicted octanol–water partition coefficient (Wildman–Crippen LogP) is 16.0. The van der Waals surface area contributed by atoms with Crippen LogP contribution in [-0.4, -0.2) is 19.5 Å². The molecule has 0 radical (unpaired) electrons. The fourth-order valence-corrected chi connectivity index (χ4v) is 10.8. The zero-order chi connectivity index (χ0) is 42.6. The van der Waals surface area contributed by atoms with E-state index in [1.54, 1.807) is 0 Å². The molecule has 2 aromatic heterocycles. The lowest BCUT2D eigenvalue weighted by Gasteiger charge is -2.18. The average Bonchev–Trinajstić information content (AvgIpc) is 3.72. The Balaban J connectivity index is 1.06. The summed E-state index contributed by atoms with van der Waals surface area (Å²) < 4.78 is 2.34. The van der Waals surface area contributed by atoms with E-state index < -0.39 is 0 Å². The van der Waals surface area contributed by atoms with Crippen molar-refractivity contribution in [3.8, 4) is 51.0 Å². The third-order valence-corrected chi connectivity index (χ3v) is 13.5. The van der Waals surface area contributed by atoms with Crippen molar-refractivity contribution in [2.45, 2.75) is 0 Å². The molecule has 0 saturated heterocycles. The molecule has 0 aliphatic rings. The number of aromatic nitrogens is 4. The fourth-order valence-electron chi connectivity index (χ4n) is 10.8. The van der Waals surface area contributed by atoms with Gasteiger partial charge in [-0.2, -0.15) is 0 Å². The average molecular weight is 825 g/mol. The summed E-state index contributed by atoms with van der Waals surface area (Å²) in [5.74, 6) is 1.88. The first kappa shape index (κ1) is 35.8. The summed E-state index contributed by atoms with van der Waals surface area (Å²) in [5.41, 5.74) is 8.33. The van der Waals surface area contributed by atoms with Crippen LogP contribution in [0.4, 0.5) is 0 Å². The number of rotatable bonds is 5. The normalized spacial score (nSPS) is 12.0. The van der Waals surface area contributed by atoms with Crippen LogP contribution in [0.1, 0.15) is 0 Å². The van der Waals surface area contributed by atoms with Gasteiger partial charge in [0.15, 0.2) is 17.5 Å². The van der Waals surface area contributed by atoms with Gasteiger partial charge in [-0.15, -0.1) is 0 Å². The molecule has 2 heterocycles. The third-order valence-electron chi connectivity index (χ3n) is 13.5. The first-order valence-electron chi connectivity index (χ1n) is 22.2. The highest BCUT2D eigenvalue weighted by Gasteiger charge is 2.22. The molecule has 12 aromatic carbocycles. The molecule has 14 rings (SSSR count). The zero-order valence-electron chi connectivity index (χ0n) is 35.1. The van der Waals surface area contributed by atoms with E-state index >= 15 is 0 Å². The number of nitrogens with zero attached hydrogens (tertiary/aromatic N) is 4. The first-order chi connectivity index (χ1) is 32.2. The topological polar surface area (TPSA) is 43.6 Å². The van der Waals surface area contributed by atoms with Crippen LogP contribution in [0.2, 0.25) is 0 Å². The maximum absolute atomic E-state index is 5.46. The number of hydrogen-bond donors (Lipinski definition) is 0. The molecule has 0 aliphatic heterocycles. The van der Waals surface area contributed by atoms with E-state index in [0.717, 1.165) is 55.3 Å². The second-order valence-electron chi connectivity index (χ2n) is 17.1. The van der Waals surface area contributed by atoms with Gasteiger partial charge in [0.25, 0.3) is 0 Å². The van der Waals surface area contributed by atoms with E-state index in [4.69, 9.17) is 15.0 Å². The molecule has 4 nitrogen and oxygen atoms in total. The van der Waals surface area contributed by atoms with Crippen LogP contribution in [0.5, 0.6) is 0 Å². The standard InChI is InChI=1S/C61H36N4/c1-3-15-40(16-4-1)59-62-60(64-61(63-59)50-28-14-30-53-58(50)49-24-9-10-29-52(49)65(53)43-20-5-2-6-21-43)48-23-8-7-22-44(48)42-35-41-34-33-39-18-12-26-46-45-25-11-17-37-31-32-38-19-13-27-47(56(38)54(37)45)51(36-42)57(41)55(39)46/h1-36H. The highest BCUT2D eigenvalue weighted by molar-refractivity contribution is 6.37. The molecule has 0 bridgehead atoms. The van der Waals surface area contributed by atoms with Gasteiger partial charge in [0.05, 0.1) is 11.0 Å².